The van der Waals surface area contributed by atoms with Gasteiger partial charge < -0.3 is 15.4 Å². The zero-order valence-electron chi connectivity index (χ0n) is 9.01. The molecule has 0 fully saturated rings. The van der Waals surface area contributed by atoms with Gasteiger partial charge in [-0.25, -0.2) is 4.98 Å². The minimum atomic E-state index is -0.0771. The van der Waals surface area contributed by atoms with E-state index in [9.17, 15) is 5.11 Å². The molecule has 0 aliphatic carbocycles. The lowest BCUT2D eigenvalue weighted by atomic mass is 10.1. The SMILES string of the molecule is CC(C)c1nccn1C(CO)C(C)N. The van der Waals surface area contributed by atoms with Crippen LogP contribution in [0.1, 0.15) is 38.6 Å². The molecule has 0 aliphatic heterocycles. The van der Waals surface area contributed by atoms with Gasteiger partial charge in [0, 0.05) is 24.4 Å². The third-order valence-corrected chi connectivity index (χ3v) is 2.37. The van der Waals surface area contributed by atoms with Crippen LogP contribution >= 0.6 is 0 Å². The molecule has 0 saturated heterocycles. The number of aliphatic hydroxyl groups is 1. The van der Waals surface area contributed by atoms with Gasteiger partial charge in [0.15, 0.2) is 0 Å². The number of imidazole rings is 1. The lowest BCUT2D eigenvalue weighted by Gasteiger charge is -2.23. The number of hydrogen-bond acceptors (Lipinski definition) is 3. The summed E-state index contributed by atoms with van der Waals surface area (Å²) in [7, 11) is 0. The number of aromatic nitrogens is 2. The van der Waals surface area contributed by atoms with Crippen LogP contribution in [0.5, 0.6) is 0 Å². The highest BCUT2D eigenvalue weighted by molar-refractivity contribution is 5.01. The summed E-state index contributed by atoms with van der Waals surface area (Å²) in [5, 5.41) is 9.25. The molecule has 0 radical (unpaired) electrons. The van der Waals surface area contributed by atoms with Crippen molar-refractivity contribution < 1.29 is 5.11 Å². The first-order valence-corrected chi connectivity index (χ1v) is 4.97. The molecule has 1 aromatic rings. The zero-order chi connectivity index (χ0) is 10.7. The van der Waals surface area contributed by atoms with Gasteiger partial charge in [-0.1, -0.05) is 13.8 Å². The zero-order valence-corrected chi connectivity index (χ0v) is 9.01. The highest BCUT2D eigenvalue weighted by Gasteiger charge is 2.18. The Balaban J connectivity index is 2.97. The van der Waals surface area contributed by atoms with Crippen LogP contribution in [0.3, 0.4) is 0 Å². The summed E-state index contributed by atoms with van der Waals surface area (Å²) in [4.78, 5) is 4.26. The minimum absolute atomic E-state index is 0.0494. The molecule has 1 aromatic heterocycles. The van der Waals surface area contributed by atoms with Crippen LogP contribution in [0.15, 0.2) is 12.4 Å². The molecule has 0 spiro atoms. The van der Waals surface area contributed by atoms with Crippen molar-refractivity contribution in [1.82, 2.24) is 9.55 Å². The second-order valence-corrected chi connectivity index (χ2v) is 3.96. The van der Waals surface area contributed by atoms with E-state index in [1.165, 1.54) is 0 Å². The lowest BCUT2D eigenvalue weighted by molar-refractivity contribution is 0.208. The van der Waals surface area contributed by atoms with Crippen molar-refractivity contribution in [3.8, 4) is 0 Å². The van der Waals surface area contributed by atoms with Crippen molar-refractivity contribution in [2.24, 2.45) is 5.73 Å². The highest BCUT2D eigenvalue weighted by atomic mass is 16.3. The Morgan fingerprint density at radius 1 is 1.50 bits per heavy atom. The third-order valence-electron chi connectivity index (χ3n) is 2.37. The Morgan fingerprint density at radius 3 is 2.57 bits per heavy atom. The third kappa shape index (κ3) is 2.13. The van der Waals surface area contributed by atoms with Gasteiger partial charge in [-0.2, -0.15) is 0 Å². The average Bonchev–Trinajstić information content (AvgIpc) is 2.53. The molecule has 0 saturated carbocycles. The molecule has 0 aliphatic rings. The number of rotatable bonds is 4. The normalized spacial score (nSPS) is 15.9. The van der Waals surface area contributed by atoms with Crippen LogP contribution in [-0.2, 0) is 0 Å². The van der Waals surface area contributed by atoms with Crippen LogP contribution in [0.2, 0.25) is 0 Å². The Labute approximate surface area is 84.8 Å². The summed E-state index contributed by atoms with van der Waals surface area (Å²) < 4.78 is 1.97. The van der Waals surface area contributed by atoms with Crippen molar-refractivity contribution in [2.45, 2.75) is 38.8 Å². The molecule has 1 rings (SSSR count). The molecule has 0 amide bonds. The van der Waals surface area contributed by atoms with Gasteiger partial charge in [0.25, 0.3) is 0 Å². The molecular weight excluding hydrogens is 178 g/mol. The number of aliphatic hydroxyl groups excluding tert-OH is 1. The van der Waals surface area contributed by atoms with Gasteiger partial charge in [0.1, 0.15) is 5.82 Å². The van der Waals surface area contributed by atoms with Crippen molar-refractivity contribution >= 4 is 0 Å². The molecule has 3 N–H and O–H groups in total. The molecule has 14 heavy (non-hydrogen) atoms. The van der Waals surface area contributed by atoms with Crippen molar-refractivity contribution in [3.05, 3.63) is 18.2 Å². The summed E-state index contributed by atoms with van der Waals surface area (Å²) in [6.45, 7) is 6.10. The molecule has 4 heteroatoms. The van der Waals surface area contributed by atoms with E-state index in [2.05, 4.69) is 18.8 Å². The Bertz CT molecular complexity index is 281. The maximum atomic E-state index is 9.25. The molecule has 4 nitrogen and oxygen atoms in total. The minimum Gasteiger partial charge on any atom is -0.394 e. The predicted molar refractivity (Wildman–Crippen MR) is 56.1 cm³/mol. The van der Waals surface area contributed by atoms with Gasteiger partial charge in [0.2, 0.25) is 0 Å². The quantitative estimate of drug-likeness (QED) is 0.753. The Kier molecular flexibility index (Phi) is 3.66. The van der Waals surface area contributed by atoms with E-state index in [1.807, 2.05) is 17.7 Å². The van der Waals surface area contributed by atoms with Crippen LogP contribution in [0, 0.1) is 0 Å². The monoisotopic (exact) mass is 197 g/mol. The maximum Gasteiger partial charge on any atom is 0.111 e. The molecule has 2 unspecified atom stereocenters. The van der Waals surface area contributed by atoms with Crippen LogP contribution in [0.4, 0.5) is 0 Å². The molecule has 1 heterocycles. The number of nitrogens with zero attached hydrogens (tertiary/aromatic N) is 2. The molecule has 0 bridgehead atoms. The van der Waals surface area contributed by atoms with Gasteiger partial charge in [-0.05, 0) is 6.92 Å². The van der Waals surface area contributed by atoms with Gasteiger partial charge >= 0.3 is 0 Å². The summed E-state index contributed by atoms with van der Waals surface area (Å²) >= 11 is 0. The van der Waals surface area contributed by atoms with Crippen LogP contribution in [-0.4, -0.2) is 27.3 Å². The first kappa shape index (κ1) is 11.2. The topological polar surface area (TPSA) is 64.1 Å². The first-order chi connectivity index (χ1) is 6.57. The second kappa shape index (κ2) is 4.57. The summed E-state index contributed by atoms with van der Waals surface area (Å²) in [5.41, 5.74) is 5.80. The van der Waals surface area contributed by atoms with E-state index >= 15 is 0 Å². The smallest absolute Gasteiger partial charge is 0.111 e. The van der Waals surface area contributed by atoms with Gasteiger partial charge in [0.05, 0.1) is 12.6 Å². The summed E-state index contributed by atoms with van der Waals surface area (Å²) in [6, 6.07) is -0.151. The van der Waals surface area contributed by atoms with Gasteiger partial charge in [-0.3, -0.25) is 0 Å². The van der Waals surface area contributed by atoms with Crippen LogP contribution < -0.4 is 5.73 Å². The number of nitrogens with two attached hydrogens (primary N) is 1. The molecule has 2 atom stereocenters. The second-order valence-electron chi connectivity index (χ2n) is 3.96. The highest BCUT2D eigenvalue weighted by Crippen LogP contribution is 2.18. The Hall–Kier alpha value is -0.870. The molecular formula is C10H19N3O. The van der Waals surface area contributed by atoms with E-state index in [4.69, 9.17) is 5.73 Å². The van der Waals surface area contributed by atoms with Crippen molar-refractivity contribution in [2.75, 3.05) is 6.61 Å². The summed E-state index contributed by atoms with van der Waals surface area (Å²) in [5.74, 6) is 1.32. The number of hydrogen-bond donors (Lipinski definition) is 2. The fraction of sp³-hybridized carbons (Fsp3) is 0.700. The largest absolute Gasteiger partial charge is 0.394 e. The van der Waals surface area contributed by atoms with E-state index in [1.54, 1.807) is 6.20 Å². The summed E-state index contributed by atoms with van der Waals surface area (Å²) in [6.07, 6.45) is 3.62. The lowest BCUT2D eigenvalue weighted by Crippen LogP contribution is -2.32. The predicted octanol–water partition coefficient (Wildman–Crippen LogP) is 0.887. The standard InChI is InChI=1S/C10H19N3O/c1-7(2)10-12-4-5-13(10)9(6-14)8(3)11/h4-5,7-9,14H,6,11H2,1-3H3. The van der Waals surface area contributed by atoms with Crippen molar-refractivity contribution in [3.63, 3.8) is 0 Å². The molecule has 80 valence electrons. The van der Waals surface area contributed by atoms with E-state index < -0.39 is 0 Å². The Morgan fingerprint density at radius 2 is 2.14 bits per heavy atom. The van der Waals surface area contributed by atoms with E-state index in [0.717, 1.165) is 5.82 Å². The van der Waals surface area contributed by atoms with Gasteiger partial charge in [-0.15, -0.1) is 0 Å². The molecule has 0 aromatic carbocycles. The van der Waals surface area contributed by atoms with E-state index in [0.29, 0.717) is 5.92 Å². The fourth-order valence-electron chi connectivity index (χ4n) is 1.56. The van der Waals surface area contributed by atoms with Crippen molar-refractivity contribution in [1.29, 1.82) is 0 Å². The van der Waals surface area contributed by atoms with Crippen LogP contribution in [0.25, 0.3) is 0 Å². The fourth-order valence-corrected chi connectivity index (χ4v) is 1.56. The van der Waals surface area contributed by atoms with E-state index in [-0.39, 0.29) is 18.7 Å². The first-order valence-electron chi connectivity index (χ1n) is 4.97. The maximum absolute atomic E-state index is 9.25. The average molecular weight is 197 g/mol.